The van der Waals surface area contributed by atoms with E-state index in [1.165, 1.54) is 13.3 Å². The number of aromatic nitrogens is 6. The van der Waals surface area contributed by atoms with Gasteiger partial charge >= 0.3 is 0 Å². The number of hydrogen-bond acceptors (Lipinski definition) is 12. The molecule has 0 saturated carbocycles. The Labute approximate surface area is 238 Å². The van der Waals surface area contributed by atoms with E-state index in [1.807, 2.05) is 0 Å². The molecule has 0 bridgehead atoms. The minimum atomic E-state index is 0.116. The van der Waals surface area contributed by atoms with E-state index >= 15 is 0 Å². The second-order valence-electron chi connectivity index (χ2n) is 7.26. The third-order valence-corrected chi connectivity index (χ3v) is 5.12. The van der Waals surface area contributed by atoms with Crippen LogP contribution in [0.2, 0.25) is 15.7 Å². The first kappa shape index (κ1) is 32.9. The normalized spacial score (nSPS) is 9.79. The maximum atomic E-state index is 5.67. The molecule has 3 rings (SSSR count). The van der Waals surface area contributed by atoms with E-state index < -0.39 is 0 Å². The molecule has 4 N–H and O–H groups in total. The highest BCUT2D eigenvalue weighted by Gasteiger charge is 2.06. The first-order chi connectivity index (χ1) is 18.3. The van der Waals surface area contributed by atoms with Gasteiger partial charge in [-0.3, -0.25) is 0 Å². The number of nitrogens with one attached hydrogen (secondary N) is 2. The van der Waals surface area contributed by atoms with Crippen LogP contribution in [0.5, 0.6) is 17.2 Å². The van der Waals surface area contributed by atoms with Crippen molar-refractivity contribution in [1.29, 1.82) is 0 Å². The highest BCUT2D eigenvalue weighted by Crippen LogP contribution is 2.22. The van der Waals surface area contributed by atoms with Crippen molar-refractivity contribution in [1.82, 2.24) is 29.9 Å². The number of unbranched alkanes of at least 4 members (excludes halogenated alkanes) is 2. The molecule has 210 valence electrons. The molecule has 0 radical (unpaired) electrons. The van der Waals surface area contributed by atoms with E-state index in [1.54, 1.807) is 26.6 Å². The lowest BCUT2D eigenvalue weighted by Gasteiger charge is -2.09. The molecule has 0 amide bonds. The molecule has 0 unspecified atom stereocenters. The Bertz CT molecular complexity index is 1040. The minimum Gasteiger partial charge on any atom is -0.492 e. The summed E-state index contributed by atoms with van der Waals surface area (Å²) in [6.07, 6.45) is 8.99. The highest BCUT2D eigenvalue weighted by molar-refractivity contribution is 6.32. The van der Waals surface area contributed by atoms with Crippen molar-refractivity contribution in [2.24, 2.45) is 0 Å². The summed E-state index contributed by atoms with van der Waals surface area (Å²) in [7, 11) is 4.65. The lowest BCUT2D eigenvalue weighted by molar-refractivity contribution is 0.411. The fourth-order valence-electron chi connectivity index (χ4n) is 2.52. The van der Waals surface area contributed by atoms with Gasteiger partial charge in [0, 0.05) is 13.1 Å². The zero-order valence-corrected chi connectivity index (χ0v) is 24.4. The third kappa shape index (κ3) is 12.4. The Morgan fingerprint density at radius 2 is 1.13 bits per heavy atom. The first-order valence-corrected chi connectivity index (χ1v) is 12.9. The number of halogens is 3. The van der Waals surface area contributed by atoms with Crippen molar-refractivity contribution in [2.45, 2.75) is 39.5 Å². The summed E-state index contributed by atoms with van der Waals surface area (Å²) in [4.78, 5) is 23.0. The molecule has 0 aliphatic rings. The zero-order valence-electron chi connectivity index (χ0n) is 22.1. The summed E-state index contributed by atoms with van der Waals surface area (Å²) in [5.41, 5.74) is 5.47. The van der Waals surface area contributed by atoms with Gasteiger partial charge in [0.25, 0.3) is 0 Å². The molecule has 0 aliphatic carbocycles. The fraction of sp³-hybridized carbons (Fsp3) is 0.478. The van der Waals surface area contributed by atoms with Crippen LogP contribution < -0.4 is 30.6 Å². The number of ether oxygens (including phenoxy) is 3. The maximum Gasteiger partial charge on any atom is 0.224 e. The number of nitrogen functional groups attached to an aromatic ring is 1. The van der Waals surface area contributed by atoms with Crippen molar-refractivity contribution < 1.29 is 14.2 Å². The van der Waals surface area contributed by atoms with Gasteiger partial charge in [0.2, 0.25) is 16.5 Å². The number of nitrogens with zero attached hydrogens (tertiary/aromatic N) is 6. The molecule has 3 aromatic rings. The van der Waals surface area contributed by atoms with E-state index in [0.29, 0.717) is 28.9 Å². The van der Waals surface area contributed by atoms with Gasteiger partial charge in [0.15, 0.2) is 34.0 Å². The van der Waals surface area contributed by atoms with Gasteiger partial charge in [-0.25, -0.2) is 19.9 Å². The van der Waals surface area contributed by atoms with Gasteiger partial charge in [-0.1, -0.05) is 38.3 Å². The minimum absolute atomic E-state index is 0.116. The molecule has 0 fully saturated rings. The number of rotatable bonds is 11. The average Bonchev–Trinajstić information content (AvgIpc) is 2.90. The maximum absolute atomic E-state index is 5.67. The van der Waals surface area contributed by atoms with E-state index in [0.717, 1.165) is 38.8 Å². The van der Waals surface area contributed by atoms with Crippen LogP contribution in [0.25, 0.3) is 0 Å². The Kier molecular flexibility index (Phi) is 16.5. The Morgan fingerprint density at radius 3 is 1.61 bits per heavy atom. The Hall–Kier alpha value is -3.09. The predicted molar refractivity (Wildman–Crippen MR) is 152 cm³/mol. The molecule has 15 heteroatoms. The van der Waals surface area contributed by atoms with E-state index in [2.05, 4.69) is 54.4 Å². The van der Waals surface area contributed by atoms with Crippen LogP contribution in [0.3, 0.4) is 0 Å². The van der Waals surface area contributed by atoms with Gasteiger partial charge in [0.05, 0.1) is 39.9 Å². The molecular formula is C23H34Cl3N9O3. The fourth-order valence-corrected chi connectivity index (χ4v) is 3.04. The quantitative estimate of drug-likeness (QED) is 0.148. The van der Waals surface area contributed by atoms with Crippen molar-refractivity contribution >= 4 is 52.4 Å². The highest BCUT2D eigenvalue weighted by atomic mass is 35.5. The molecule has 0 aliphatic heterocycles. The molecule has 0 spiro atoms. The molecule has 12 nitrogen and oxygen atoms in total. The topological polar surface area (TPSA) is 155 Å². The zero-order chi connectivity index (χ0) is 28.3. The van der Waals surface area contributed by atoms with Gasteiger partial charge in [-0.15, -0.1) is 0 Å². The number of methoxy groups -OCH3 is 3. The monoisotopic (exact) mass is 589 g/mol. The lowest BCUT2D eigenvalue weighted by Crippen LogP contribution is -2.07. The predicted octanol–water partition coefficient (Wildman–Crippen LogP) is 5.42. The summed E-state index contributed by atoms with van der Waals surface area (Å²) in [5, 5.41) is 6.86. The SMILES string of the molecule is CCCCNc1nc(Cl)ncc1OC.CCCCNc1nc(N)ncc1OC.COc1cnc(Cl)nc1Cl. The molecule has 0 atom stereocenters. The van der Waals surface area contributed by atoms with Gasteiger partial charge in [-0.05, 0) is 36.0 Å². The van der Waals surface area contributed by atoms with Crippen LogP contribution >= 0.6 is 34.8 Å². The van der Waals surface area contributed by atoms with Crippen LogP contribution in [-0.2, 0) is 0 Å². The summed E-state index contributed by atoms with van der Waals surface area (Å²) >= 11 is 16.6. The summed E-state index contributed by atoms with van der Waals surface area (Å²) in [6.45, 7) is 5.99. The van der Waals surface area contributed by atoms with Crippen LogP contribution in [0, 0.1) is 0 Å². The van der Waals surface area contributed by atoms with E-state index in [9.17, 15) is 0 Å². The smallest absolute Gasteiger partial charge is 0.224 e. The lowest BCUT2D eigenvalue weighted by atomic mass is 10.3. The molecule has 3 aromatic heterocycles. The van der Waals surface area contributed by atoms with Gasteiger partial charge in [0.1, 0.15) is 0 Å². The third-order valence-electron chi connectivity index (χ3n) is 4.49. The number of anilines is 3. The molecular weight excluding hydrogens is 557 g/mol. The summed E-state index contributed by atoms with van der Waals surface area (Å²) < 4.78 is 15.0. The first-order valence-electron chi connectivity index (χ1n) is 11.7. The standard InChI is InChI=1S/C9H14ClN3O.C9H16N4O.C5H4Cl2N2O/c2*1-3-4-5-11-8-7(14-2)6-12-9(10)13-8;1-10-3-2-8-5(7)9-4(3)6/h6H,3-5H2,1-2H3,(H,11,12,13);6H,3-5H2,1-2H3,(H3,10,11,12,13);2H,1H3. The average molecular weight is 591 g/mol. The second-order valence-corrected chi connectivity index (χ2v) is 8.29. The van der Waals surface area contributed by atoms with E-state index in [-0.39, 0.29) is 21.7 Å². The van der Waals surface area contributed by atoms with Crippen molar-refractivity contribution in [3.8, 4) is 17.2 Å². The van der Waals surface area contributed by atoms with Crippen molar-refractivity contribution in [3.63, 3.8) is 0 Å². The van der Waals surface area contributed by atoms with Gasteiger partial charge in [-0.2, -0.15) is 9.97 Å². The van der Waals surface area contributed by atoms with Crippen LogP contribution in [0.1, 0.15) is 39.5 Å². The number of hydrogen-bond donors (Lipinski definition) is 3. The van der Waals surface area contributed by atoms with E-state index in [4.69, 9.17) is 54.7 Å². The van der Waals surface area contributed by atoms with Crippen LogP contribution in [0.15, 0.2) is 18.6 Å². The summed E-state index contributed by atoms with van der Waals surface area (Å²) in [5.74, 6) is 3.23. The molecule has 0 saturated heterocycles. The molecule has 38 heavy (non-hydrogen) atoms. The Morgan fingerprint density at radius 1 is 0.684 bits per heavy atom. The molecule has 0 aromatic carbocycles. The van der Waals surface area contributed by atoms with Crippen LogP contribution in [-0.4, -0.2) is 64.3 Å². The van der Waals surface area contributed by atoms with Crippen LogP contribution in [0.4, 0.5) is 17.6 Å². The van der Waals surface area contributed by atoms with Crippen molar-refractivity contribution in [2.75, 3.05) is 50.8 Å². The number of nitrogens with two attached hydrogens (primary N) is 1. The van der Waals surface area contributed by atoms with Gasteiger partial charge < -0.3 is 30.6 Å². The molecule has 3 heterocycles. The Balaban J connectivity index is 0.000000290. The summed E-state index contributed by atoms with van der Waals surface area (Å²) in [6, 6.07) is 0. The largest absolute Gasteiger partial charge is 0.492 e. The second kappa shape index (κ2) is 19.0. The van der Waals surface area contributed by atoms with Crippen molar-refractivity contribution in [3.05, 3.63) is 34.3 Å².